The third-order valence-corrected chi connectivity index (χ3v) is 4.87. The molecule has 0 fully saturated rings. The summed E-state index contributed by atoms with van der Waals surface area (Å²) in [6.07, 6.45) is 0.921. The molecule has 0 saturated heterocycles. The van der Waals surface area contributed by atoms with E-state index in [1.165, 1.54) is 10.5 Å². The molecule has 3 rings (SSSR count). The van der Waals surface area contributed by atoms with Crippen molar-refractivity contribution in [2.75, 3.05) is 12.3 Å². The SMILES string of the molecule is Nc1cc(Cl)ccc1C(=O)OCC1Cc2ccccc2S1. The molecule has 1 heterocycles. The highest BCUT2D eigenvalue weighted by Crippen LogP contribution is 2.36. The molecule has 21 heavy (non-hydrogen) atoms. The summed E-state index contributed by atoms with van der Waals surface area (Å²) in [5, 5.41) is 0.769. The van der Waals surface area contributed by atoms with E-state index in [1.54, 1.807) is 30.0 Å². The van der Waals surface area contributed by atoms with Crippen LogP contribution in [-0.2, 0) is 11.2 Å². The number of benzene rings is 2. The molecule has 0 spiro atoms. The van der Waals surface area contributed by atoms with Crippen molar-refractivity contribution < 1.29 is 9.53 Å². The van der Waals surface area contributed by atoms with Crippen molar-refractivity contribution in [1.29, 1.82) is 0 Å². The molecule has 0 amide bonds. The van der Waals surface area contributed by atoms with E-state index >= 15 is 0 Å². The summed E-state index contributed by atoms with van der Waals surface area (Å²) >= 11 is 7.57. The summed E-state index contributed by atoms with van der Waals surface area (Å²) in [7, 11) is 0. The molecule has 5 heteroatoms. The van der Waals surface area contributed by atoms with Crippen LogP contribution < -0.4 is 5.73 Å². The average molecular weight is 320 g/mol. The van der Waals surface area contributed by atoms with E-state index in [0.29, 0.717) is 22.9 Å². The van der Waals surface area contributed by atoms with Crippen molar-refractivity contribution in [3.63, 3.8) is 0 Å². The summed E-state index contributed by atoms with van der Waals surface area (Å²) in [5.74, 6) is -0.402. The molecule has 2 aromatic rings. The van der Waals surface area contributed by atoms with E-state index in [4.69, 9.17) is 22.1 Å². The van der Waals surface area contributed by atoms with Gasteiger partial charge in [-0.15, -0.1) is 11.8 Å². The van der Waals surface area contributed by atoms with Crippen molar-refractivity contribution in [3.8, 4) is 0 Å². The van der Waals surface area contributed by atoms with Gasteiger partial charge in [-0.25, -0.2) is 4.79 Å². The second kappa shape index (κ2) is 6.00. The van der Waals surface area contributed by atoms with Gasteiger partial charge in [0.15, 0.2) is 0 Å². The second-order valence-corrected chi connectivity index (χ2v) is 6.66. The summed E-state index contributed by atoms with van der Waals surface area (Å²) < 4.78 is 5.38. The van der Waals surface area contributed by atoms with E-state index in [9.17, 15) is 4.79 Å². The van der Waals surface area contributed by atoms with Gasteiger partial charge in [0.05, 0.1) is 5.56 Å². The maximum atomic E-state index is 12.1. The third kappa shape index (κ3) is 3.17. The van der Waals surface area contributed by atoms with Crippen molar-refractivity contribution in [1.82, 2.24) is 0 Å². The van der Waals surface area contributed by atoms with Crippen LogP contribution in [0.5, 0.6) is 0 Å². The number of esters is 1. The van der Waals surface area contributed by atoms with Gasteiger partial charge in [-0.05, 0) is 36.2 Å². The Morgan fingerprint density at radius 1 is 1.33 bits per heavy atom. The maximum absolute atomic E-state index is 12.1. The molecule has 1 aliphatic heterocycles. The zero-order chi connectivity index (χ0) is 14.8. The van der Waals surface area contributed by atoms with Crippen LogP contribution >= 0.6 is 23.4 Å². The van der Waals surface area contributed by atoms with Crippen LogP contribution in [0.25, 0.3) is 0 Å². The quantitative estimate of drug-likeness (QED) is 0.690. The fourth-order valence-electron chi connectivity index (χ4n) is 2.31. The monoisotopic (exact) mass is 319 g/mol. The van der Waals surface area contributed by atoms with Crippen LogP contribution in [0.15, 0.2) is 47.4 Å². The minimum atomic E-state index is -0.402. The van der Waals surface area contributed by atoms with E-state index in [-0.39, 0.29) is 5.25 Å². The lowest BCUT2D eigenvalue weighted by atomic mass is 10.1. The molecule has 0 aromatic heterocycles. The lowest BCUT2D eigenvalue weighted by Crippen LogP contribution is -2.16. The largest absolute Gasteiger partial charge is 0.461 e. The smallest absolute Gasteiger partial charge is 0.340 e. The number of nitrogen functional groups attached to an aromatic ring is 1. The van der Waals surface area contributed by atoms with Crippen LogP contribution in [0.2, 0.25) is 5.02 Å². The number of halogens is 1. The van der Waals surface area contributed by atoms with Crippen molar-refractivity contribution in [3.05, 3.63) is 58.6 Å². The van der Waals surface area contributed by atoms with E-state index in [2.05, 4.69) is 12.1 Å². The molecule has 1 atom stereocenters. The number of nitrogens with two attached hydrogens (primary N) is 1. The molecule has 1 unspecified atom stereocenters. The van der Waals surface area contributed by atoms with Gasteiger partial charge in [-0.2, -0.15) is 0 Å². The number of anilines is 1. The van der Waals surface area contributed by atoms with Crippen LogP contribution in [0.3, 0.4) is 0 Å². The molecule has 2 aromatic carbocycles. The van der Waals surface area contributed by atoms with Gasteiger partial charge in [-0.3, -0.25) is 0 Å². The highest BCUT2D eigenvalue weighted by atomic mass is 35.5. The fraction of sp³-hybridized carbons (Fsp3) is 0.188. The normalized spacial score (nSPS) is 16.5. The van der Waals surface area contributed by atoms with Crippen molar-refractivity contribution in [2.24, 2.45) is 0 Å². The number of fused-ring (bicyclic) bond motifs is 1. The Morgan fingerprint density at radius 3 is 2.90 bits per heavy atom. The van der Waals surface area contributed by atoms with Gasteiger partial charge in [0, 0.05) is 20.9 Å². The molecule has 3 nitrogen and oxygen atoms in total. The Kier molecular flexibility index (Phi) is 4.08. The maximum Gasteiger partial charge on any atom is 0.340 e. The Hall–Kier alpha value is -1.65. The molecule has 1 aliphatic rings. The van der Waals surface area contributed by atoms with Gasteiger partial charge in [0.2, 0.25) is 0 Å². The highest BCUT2D eigenvalue weighted by molar-refractivity contribution is 8.00. The standard InChI is InChI=1S/C16H14ClNO2S/c17-11-5-6-13(14(18)8-11)16(19)20-9-12-7-10-3-1-2-4-15(10)21-12/h1-6,8,12H,7,9,18H2. The lowest BCUT2D eigenvalue weighted by molar-refractivity contribution is 0.0508. The number of carbonyl (C=O) groups excluding carboxylic acids is 1. The molecule has 108 valence electrons. The van der Waals surface area contributed by atoms with Crippen LogP contribution in [0.1, 0.15) is 15.9 Å². The summed E-state index contributed by atoms with van der Waals surface area (Å²) in [6, 6.07) is 13.0. The molecular weight excluding hydrogens is 306 g/mol. The minimum absolute atomic E-state index is 0.264. The second-order valence-electron chi connectivity index (χ2n) is 4.88. The summed E-state index contributed by atoms with van der Waals surface area (Å²) in [6.45, 7) is 0.375. The van der Waals surface area contributed by atoms with Crippen molar-refractivity contribution >= 4 is 35.0 Å². The molecule has 0 radical (unpaired) electrons. The predicted octanol–water partition coefficient (Wildman–Crippen LogP) is 3.80. The van der Waals surface area contributed by atoms with Crippen molar-refractivity contribution in [2.45, 2.75) is 16.6 Å². The van der Waals surface area contributed by atoms with Crippen LogP contribution in [0, 0.1) is 0 Å². The third-order valence-electron chi connectivity index (χ3n) is 3.35. The van der Waals surface area contributed by atoms with Gasteiger partial charge in [-0.1, -0.05) is 29.8 Å². The number of rotatable bonds is 3. The molecule has 0 bridgehead atoms. The number of hydrogen-bond donors (Lipinski definition) is 1. The Balaban J connectivity index is 1.60. The average Bonchev–Trinajstić information content (AvgIpc) is 2.87. The van der Waals surface area contributed by atoms with Crippen LogP contribution in [0.4, 0.5) is 5.69 Å². The van der Waals surface area contributed by atoms with Gasteiger partial charge < -0.3 is 10.5 Å². The first-order chi connectivity index (χ1) is 10.1. The molecule has 0 saturated carbocycles. The van der Waals surface area contributed by atoms with Gasteiger partial charge >= 0.3 is 5.97 Å². The fourth-order valence-corrected chi connectivity index (χ4v) is 3.71. The summed E-state index contributed by atoms with van der Waals surface area (Å²) in [4.78, 5) is 13.3. The number of ether oxygens (including phenoxy) is 1. The Morgan fingerprint density at radius 2 is 2.14 bits per heavy atom. The number of carbonyl (C=O) groups is 1. The topological polar surface area (TPSA) is 52.3 Å². The van der Waals surface area contributed by atoms with E-state index in [0.717, 1.165) is 6.42 Å². The minimum Gasteiger partial charge on any atom is -0.461 e. The number of thioether (sulfide) groups is 1. The molecular formula is C16H14ClNO2S. The Bertz CT molecular complexity index is 665. The highest BCUT2D eigenvalue weighted by Gasteiger charge is 2.23. The van der Waals surface area contributed by atoms with Crippen LogP contribution in [-0.4, -0.2) is 17.8 Å². The summed E-state index contributed by atoms with van der Waals surface area (Å²) in [5.41, 5.74) is 7.80. The first kappa shape index (κ1) is 14.3. The zero-order valence-corrected chi connectivity index (χ0v) is 12.8. The molecule has 0 aliphatic carbocycles. The Labute approximate surface area is 132 Å². The van der Waals surface area contributed by atoms with E-state index < -0.39 is 5.97 Å². The first-order valence-electron chi connectivity index (χ1n) is 6.60. The van der Waals surface area contributed by atoms with Gasteiger partial charge in [0.1, 0.15) is 6.61 Å². The predicted molar refractivity (Wildman–Crippen MR) is 85.9 cm³/mol. The number of hydrogen-bond acceptors (Lipinski definition) is 4. The molecule has 2 N–H and O–H groups in total. The lowest BCUT2D eigenvalue weighted by Gasteiger charge is -2.11. The van der Waals surface area contributed by atoms with Gasteiger partial charge in [0.25, 0.3) is 0 Å². The first-order valence-corrected chi connectivity index (χ1v) is 7.86. The van der Waals surface area contributed by atoms with E-state index in [1.807, 2.05) is 12.1 Å². The zero-order valence-electron chi connectivity index (χ0n) is 11.2.